The fourth-order valence-electron chi connectivity index (χ4n) is 3.83. The van der Waals surface area contributed by atoms with Crippen LogP contribution in [0.5, 0.6) is 5.75 Å². The molecule has 30 heavy (non-hydrogen) atoms. The number of methoxy groups -OCH3 is 1. The van der Waals surface area contributed by atoms with Gasteiger partial charge in [0, 0.05) is 18.5 Å². The molecule has 1 unspecified atom stereocenters. The van der Waals surface area contributed by atoms with Gasteiger partial charge >= 0.3 is 0 Å². The molecule has 1 aliphatic rings. The maximum atomic E-state index is 5.33. The van der Waals surface area contributed by atoms with E-state index in [1.165, 1.54) is 29.7 Å². The highest BCUT2D eigenvalue weighted by molar-refractivity contribution is 14.0. The molecule has 166 valence electrons. The number of aliphatic imine (C=N–C) groups is 1. The second-order valence-electron chi connectivity index (χ2n) is 7.43. The quantitative estimate of drug-likeness (QED) is 0.310. The second-order valence-corrected chi connectivity index (χ2v) is 8.72. The predicted octanol–water partition coefficient (Wildman–Crippen LogP) is 4.28. The fourth-order valence-corrected chi connectivity index (χ4v) is 4.71. The molecule has 6 nitrogen and oxygen atoms in total. The van der Waals surface area contributed by atoms with Gasteiger partial charge in [-0.1, -0.05) is 18.6 Å². The number of nitrogens with zero attached hydrogens (tertiary/aromatic N) is 3. The smallest absolute Gasteiger partial charge is 0.191 e. The van der Waals surface area contributed by atoms with Crippen molar-refractivity contribution in [2.24, 2.45) is 4.99 Å². The van der Waals surface area contributed by atoms with E-state index < -0.39 is 0 Å². The molecule has 1 aliphatic heterocycles. The first kappa shape index (κ1) is 24.9. The van der Waals surface area contributed by atoms with Crippen molar-refractivity contribution in [1.29, 1.82) is 0 Å². The molecule has 3 rings (SSSR count). The van der Waals surface area contributed by atoms with Crippen LogP contribution >= 0.6 is 35.3 Å². The van der Waals surface area contributed by atoms with Crippen LogP contribution in [0.1, 0.15) is 46.4 Å². The zero-order valence-electron chi connectivity index (χ0n) is 18.4. The first-order chi connectivity index (χ1) is 14.1. The molecule has 0 saturated carbocycles. The summed E-state index contributed by atoms with van der Waals surface area (Å²) in [4.78, 5) is 12.8. The Morgan fingerprint density at radius 3 is 2.43 bits per heavy atom. The number of thiazole rings is 1. The summed E-state index contributed by atoms with van der Waals surface area (Å²) in [5.41, 5.74) is 2.41. The van der Waals surface area contributed by atoms with Crippen LogP contribution < -0.4 is 15.4 Å². The lowest BCUT2D eigenvalue weighted by Crippen LogP contribution is -2.44. The topological polar surface area (TPSA) is 61.8 Å². The number of likely N-dealkylation sites (tertiary alicyclic amines) is 1. The summed E-state index contributed by atoms with van der Waals surface area (Å²) < 4.78 is 5.33. The first-order valence-electron chi connectivity index (χ1n) is 10.4. The van der Waals surface area contributed by atoms with Crippen molar-refractivity contribution < 1.29 is 4.74 Å². The van der Waals surface area contributed by atoms with E-state index in [0.29, 0.717) is 6.04 Å². The Morgan fingerprint density at radius 1 is 1.17 bits per heavy atom. The molecule has 0 spiro atoms. The zero-order chi connectivity index (χ0) is 20.6. The van der Waals surface area contributed by atoms with Crippen LogP contribution in [0.15, 0.2) is 29.3 Å². The molecule has 2 N–H and O–H groups in total. The molecule has 1 aromatic heterocycles. The van der Waals surface area contributed by atoms with Crippen LogP contribution in [0.4, 0.5) is 0 Å². The van der Waals surface area contributed by atoms with Gasteiger partial charge in [0.05, 0.1) is 30.4 Å². The number of piperidine rings is 1. The standard InChI is InChI=1S/C22H33N5OS.HI/c1-16-21(29-17(2)26-16)15-25-22(23-3)24-14-20(27-12-6-5-7-13-27)18-8-10-19(28-4)11-9-18;/h8-11,20H,5-7,12-15H2,1-4H3,(H2,23,24,25);1H. The van der Waals surface area contributed by atoms with Gasteiger partial charge in [-0.2, -0.15) is 0 Å². The number of aromatic nitrogens is 1. The van der Waals surface area contributed by atoms with E-state index in [1.54, 1.807) is 18.4 Å². The van der Waals surface area contributed by atoms with Crippen LogP contribution in [-0.4, -0.2) is 49.6 Å². The summed E-state index contributed by atoms with van der Waals surface area (Å²) in [5.74, 6) is 1.72. The number of halogens is 1. The predicted molar refractivity (Wildman–Crippen MR) is 136 cm³/mol. The Morgan fingerprint density at radius 2 is 1.87 bits per heavy atom. The summed E-state index contributed by atoms with van der Waals surface area (Å²) in [6, 6.07) is 8.77. The molecule has 0 bridgehead atoms. The summed E-state index contributed by atoms with van der Waals surface area (Å²) in [6.45, 7) is 7.95. The SMILES string of the molecule is CN=C(NCc1sc(C)nc1C)NCC(c1ccc(OC)cc1)N1CCCCC1.I. The molecule has 2 aromatic rings. The highest BCUT2D eigenvalue weighted by atomic mass is 127. The second kappa shape index (κ2) is 12.5. The third-order valence-electron chi connectivity index (χ3n) is 5.43. The highest BCUT2D eigenvalue weighted by Gasteiger charge is 2.22. The van der Waals surface area contributed by atoms with Crippen LogP contribution in [0, 0.1) is 13.8 Å². The Kier molecular flexibility index (Phi) is 10.3. The van der Waals surface area contributed by atoms with E-state index in [0.717, 1.165) is 48.6 Å². The van der Waals surface area contributed by atoms with Crippen molar-refractivity contribution in [3.8, 4) is 5.75 Å². The van der Waals surface area contributed by atoms with Gasteiger partial charge < -0.3 is 15.4 Å². The first-order valence-corrected chi connectivity index (χ1v) is 11.2. The maximum Gasteiger partial charge on any atom is 0.191 e. The van der Waals surface area contributed by atoms with Crippen LogP contribution in [0.2, 0.25) is 0 Å². The van der Waals surface area contributed by atoms with Crippen LogP contribution in [0.3, 0.4) is 0 Å². The van der Waals surface area contributed by atoms with Gasteiger partial charge in [-0.05, 0) is 57.5 Å². The number of nitrogens with one attached hydrogen (secondary N) is 2. The van der Waals surface area contributed by atoms with E-state index in [4.69, 9.17) is 4.74 Å². The molecular weight excluding hydrogens is 509 g/mol. The molecule has 1 aromatic carbocycles. The number of hydrogen-bond acceptors (Lipinski definition) is 5. The van der Waals surface area contributed by atoms with Crippen LogP contribution in [-0.2, 0) is 6.54 Å². The lowest BCUT2D eigenvalue weighted by atomic mass is 10.0. The Hall–Kier alpha value is -1.39. The summed E-state index contributed by atoms with van der Waals surface area (Å²) in [6.07, 6.45) is 3.86. The third-order valence-corrected chi connectivity index (χ3v) is 6.51. The van der Waals surface area contributed by atoms with Crippen molar-refractivity contribution >= 4 is 41.3 Å². The molecule has 1 saturated heterocycles. The lowest BCUT2D eigenvalue weighted by molar-refractivity contribution is 0.164. The Balaban J connectivity index is 0.00000320. The monoisotopic (exact) mass is 543 g/mol. The lowest BCUT2D eigenvalue weighted by Gasteiger charge is -2.35. The minimum Gasteiger partial charge on any atom is -0.497 e. The van der Waals surface area contributed by atoms with Gasteiger partial charge in [-0.3, -0.25) is 9.89 Å². The molecule has 0 aliphatic carbocycles. The van der Waals surface area contributed by atoms with E-state index >= 15 is 0 Å². The number of guanidine groups is 1. The fraction of sp³-hybridized carbons (Fsp3) is 0.545. The molecule has 2 heterocycles. The summed E-state index contributed by atoms with van der Waals surface area (Å²) in [7, 11) is 3.53. The van der Waals surface area contributed by atoms with Crippen molar-refractivity contribution in [2.45, 2.75) is 45.7 Å². The van der Waals surface area contributed by atoms with Gasteiger partial charge in [0.25, 0.3) is 0 Å². The molecular formula is C22H34IN5OS. The van der Waals surface area contributed by atoms with Crippen molar-refractivity contribution in [3.63, 3.8) is 0 Å². The van der Waals surface area contributed by atoms with Gasteiger partial charge in [0.1, 0.15) is 5.75 Å². The van der Waals surface area contributed by atoms with Crippen LogP contribution in [0.25, 0.3) is 0 Å². The van der Waals surface area contributed by atoms with Gasteiger partial charge in [0.15, 0.2) is 5.96 Å². The van der Waals surface area contributed by atoms with E-state index in [9.17, 15) is 0 Å². The average molecular weight is 544 g/mol. The number of benzene rings is 1. The van der Waals surface area contributed by atoms with Crippen molar-refractivity contribution in [1.82, 2.24) is 20.5 Å². The van der Waals surface area contributed by atoms with Crippen molar-refractivity contribution in [2.75, 3.05) is 33.8 Å². The summed E-state index contributed by atoms with van der Waals surface area (Å²) >= 11 is 1.74. The average Bonchev–Trinajstić information content (AvgIpc) is 3.08. The van der Waals surface area contributed by atoms with Gasteiger partial charge in [-0.15, -0.1) is 35.3 Å². The molecule has 1 atom stereocenters. The Labute approximate surface area is 201 Å². The van der Waals surface area contributed by atoms with E-state index in [2.05, 4.69) is 44.6 Å². The number of rotatable bonds is 7. The highest BCUT2D eigenvalue weighted by Crippen LogP contribution is 2.26. The normalized spacial score (nSPS) is 15.9. The van der Waals surface area contributed by atoms with E-state index in [-0.39, 0.29) is 24.0 Å². The summed E-state index contributed by atoms with van der Waals surface area (Å²) in [5, 5.41) is 8.08. The maximum absolute atomic E-state index is 5.33. The molecule has 8 heteroatoms. The minimum absolute atomic E-state index is 0. The third kappa shape index (κ3) is 6.81. The Bertz CT molecular complexity index is 802. The van der Waals surface area contributed by atoms with E-state index in [1.807, 2.05) is 26.1 Å². The number of hydrogen-bond donors (Lipinski definition) is 2. The molecule has 0 amide bonds. The zero-order valence-corrected chi connectivity index (χ0v) is 21.5. The molecule has 0 radical (unpaired) electrons. The van der Waals surface area contributed by atoms with Crippen molar-refractivity contribution in [3.05, 3.63) is 45.4 Å². The molecule has 1 fully saturated rings. The van der Waals surface area contributed by atoms with Gasteiger partial charge in [0.2, 0.25) is 0 Å². The minimum atomic E-state index is 0. The number of ether oxygens (including phenoxy) is 1. The number of aryl methyl sites for hydroxylation is 2. The largest absolute Gasteiger partial charge is 0.497 e. The van der Waals surface area contributed by atoms with Gasteiger partial charge in [-0.25, -0.2) is 4.98 Å².